The van der Waals surface area contributed by atoms with Gasteiger partial charge in [0.2, 0.25) is 10.0 Å². The summed E-state index contributed by atoms with van der Waals surface area (Å²) in [5.74, 6) is -0.890. The van der Waals surface area contributed by atoms with Crippen molar-refractivity contribution in [3.63, 3.8) is 0 Å². The van der Waals surface area contributed by atoms with Crippen LogP contribution in [0.4, 0.5) is 15.8 Å². The monoisotopic (exact) mass is 518 g/mol. The highest BCUT2D eigenvalue weighted by Gasteiger charge is 2.30. The van der Waals surface area contributed by atoms with Crippen LogP contribution in [-0.2, 0) is 10.0 Å². The predicted octanol–water partition coefficient (Wildman–Crippen LogP) is 1.72. The molecule has 194 valence electrons. The molecule has 2 aliphatic heterocycles. The number of nitrogens with one attached hydrogen (secondary N) is 1. The quantitative estimate of drug-likeness (QED) is 0.537. The number of hydrogen-bond acceptors (Lipinski definition) is 7. The number of aliphatic hydroxyl groups is 1. The van der Waals surface area contributed by atoms with Crippen LogP contribution >= 0.6 is 0 Å². The van der Waals surface area contributed by atoms with Gasteiger partial charge < -0.3 is 19.8 Å². The van der Waals surface area contributed by atoms with Gasteiger partial charge in [-0.2, -0.15) is 0 Å². The molecule has 0 aliphatic carbocycles. The van der Waals surface area contributed by atoms with Crippen LogP contribution < -0.4 is 14.5 Å². The fraction of sp³-hybridized carbons (Fsp3) is 0.440. The van der Waals surface area contributed by atoms with Crippen LogP contribution in [0.15, 0.2) is 41.3 Å². The minimum absolute atomic E-state index is 0.00118. The van der Waals surface area contributed by atoms with E-state index in [4.69, 9.17) is 0 Å². The Morgan fingerprint density at radius 1 is 1.03 bits per heavy atom. The minimum atomic E-state index is -3.75. The summed E-state index contributed by atoms with van der Waals surface area (Å²) in [4.78, 5) is 30.6. The molecule has 1 unspecified atom stereocenters. The van der Waals surface area contributed by atoms with Crippen LogP contribution in [0.5, 0.6) is 0 Å². The van der Waals surface area contributed by atoms with Gasteiger partial charge in [0.1, 0.15) is 5.82 Å². The number of sulfonamides is 1. The van der Waals surface area contributed by atoms with Crippen LogP contribution in [0.25, 0.3) is 0 Å². The molecule has 2 aliphatic rings. The SMILES string of the molecule is CNS(=O)(=O)c1ccc(N2CCC(CO)C2)c(C(=O)N2CCN(c3ccc(C(C)=O)cc3F)CC2)c1. The van der Waals surface area contributed by atoms with Gasteiger partial charge in [0.25, 0.3) is 5.91 Å². The van der Waals surface area contributed by atoms with E-state index in [1.54, 1.807) is 23.1 Å². The minimum Gasteiger partial charge on any atom is -0.396 e. The van der Waals surface area contributed by atoms with Gasteiger partial charge >= 0.3 is 0 Å². The Hall–Kier alpha value is -3.02. The zero-order chi connectivity index (χ0) is 26.0. The molecule has 2 saturated heterocycles. The lowest BCUT2D eigenvalue weighted by Gasteiger charge is -2.37. The highest BCUT2D eigenvalue weighted by molar-refractivity contribution is 7.89. The van der Waals surface area contributed by atoms with Crippen LogP contribution in [-0.4, -0.2) is 83.0 Å². The smallest absolute Gasteiger partial charge is 0.256 e. The topological polar surface area (TPSA) is 110 Å². The molecule has 0 bridgehead atoms. The van der Waals surface area contributed by atoms with E-state index >= 15 is 0 Å². The molecule has 0 saturated carbocycles. The molecule has 0 radical (unpaired) electrons. The van der Waals surface area contributed by atoms with E-state index in [-0.39, 0.29) is 34.7 Å². The molecule has 2 aromatic carbocycles. The Labute approximate surface area is 210 Å². The lowest BCUT2D eigenvalue weighted by atomic mass is 10.1. The van der Waals surface area contributed by atoms with Crippen molar-refractivity contribution >= 4 is 33.1 Å². The number of halogens is 1. The van der Waals surface area contributed by atoms with Crippen molar-refractivity contribution in [2.75, 3.05) is 62.7 Å². The van der Waals surface area contributed by atoms with Crippen molar-refractivity contribution in [2.24, 2.45) is 5.92 Å². The fourth-order valence-electron chi connectivity index (χ4n) is 4.75. The average molecular weight is 519 g/mol. The van der Waals surface area contributed by atoms with Crippen molar-refractivity contribution in [3.05, 3.63) is 53.3 Å². The number of piperazine rings is 1. The average Bonchev–Trinajstić information content (AvgIpc) is 3.37. The summed E-state index contributed by atoms with van der Waals surface area (Å²) in [6, 6.07) is 8.94. The fourth-order valence-corrected chi connectivity index (χ4v) is 5.51. The van der Waals surface area contributed by atoms with Gasteiger partial charge in [0, 0.05) is 63.0 Å². The van der Waals surface area contributed by atoms with Gasteiger partial charge in [-0.3, -0.25) is 9.59 Å². The van der Waals surface area contributed by atoms with Crippen molar-refractivity contribution < 1.29 is 27.5 Å². The molecular formula is C25H31FN4O5S. The molecule has 9 nitrogen and oxygen atoms in total. The van der Waals surface area contributed by atoms with E-state index in [1.807, 2.05) is 9.80 Å². The van der Waals surface area contributed by atoms with Gasteiger partial charge in [0.15, 0.2) is 5.78 Å². The first-order valence-electron chi connectivity index (χ1n) is 11.9. The van der Waals surface area contributed by atoms with Gasteiger partial charge in [0.05, 0.1) is 16.1 Å². The first-order chi connectivity index (χ1) is 17.1. The number of nitrogens with zero attached hydrogens (tertiary/aromatic N) is 3. The number of carbonyl (C=O) groups is 2. The number of benzene rings is 2. The second-order valence-electron chi connectivity index (χ2n) is 9.17. The second-order valence-corrected chi connectivity index (χ2v) is 11.1. The zero-order valence-corrected chi connectivity index (χ0v) is 21.2. The third-order valence-electron chi connectivity index (χ3n) is 6.92. The molecule has 4 rings (SSSR count). The van der Waals surface area contributed by atoms with E-state index in [2.05, 4.69) is 4.72 Å². The number of anilines is 2. The van der Waals surface area contributed by atoms with Crippen molar-refractivity contribution in [1.29, 1.82) is 0 Å². The molecular weight excluding hydrogens is 487 g/mol. The number of carbonyl (C=O) groups excluding carboxylic acids is 2. The van der Waals surface area contributed by atoms with Gasteiger partial charge in [-0.25, -0.2) is 17.5 Å². The second kappa shape index (κ2) is 10.5. The molecule has 2 N–H and O–H groups in total. The van der Waals surface area contributed by atoms with Crippen LogP contribution in [0.1, 0.15) is 34.1 Å². The molecule has 2 heterocycles. The van der Waals surface area contributed by atoms with Crippen molar-refractivity contribution in [1.82, 2.24) is 9.62 Å². The summed E-state index contributed by atoms with van der Waals surface area (Å²) >= 11 is 0. The van der Waals surface area contributed by atoms with Gasteiger partial charge in [-0.15, -0.1) is 0 Å². The number of Topliss-reactive ketones (excluding diaryl/α,β-unsaturated/α-hetero) is 1. The zero-order valence-electron chi connectivity index (χ0n) is 20.4. The standard InChI is InChI=1S/C25H31FN4O5S/c1-17(32)19-3-5-24(22(26)13-19)28-9-11-29(12-10-28)25(33)21-14-20(36(34,35)27-2)4-6-23(21)30-8-7-18(15-30)16-31/h3-6,13-14,18,27,31H,7-12,15-16H2,1-2H3. The molecule has 2 aromatic rings. The number of ketones is 1. The maximum atomic E-state index is 14.6. The number of hydrogen-bond donors (Lipinski definition) is 2. The third-order valence-corrected chi connectivity index (χ3v) is 8.34. The molecule has 36 heavy (non-hydrogen) atoms. The van der Waals surface area contributed by atoms with Gasteiger partial charge in [-0.1, -0.05) is 0 Å². The highest BCUT2D eigenvalue weighted by atomic mass is 32.2. The highest BCUT2D eigenvalue weighted by Crippen LogP contribution is 2.31. The lowest BCUT2D eigenvalue weighted by Crippen LogP contribution is -2.49. The molecule has 0 spiro atoms. The normalized spacial score (nSPS) is 18.6. The molecule has 1 atom stereocenters. The summed E-state index contributed by atoms with van der Waals surface area (Å²) in [5.41, 5.74) is 1.61. The summed E-state index contributed by atoms with van der Waals surface area (Å²) < 4.78 is 41.8. The van der Waals surface area contributed by atoms with Gasteiger partial charge in [-0.05, 0) is 56.8 Å². The predicted molar refractivity (Wildman–Crippen MR) is 135 cm³/mol. The first-order valence-corrected chi connectivity index (χ1v) is 13.4. The number of aliphatic hydroxyl groups excluding tert-OH is 1. The Kier molecular flexibility index (Phi) is 7.62. The maximum absolute atomic E-state index is 14.6. The van der Waals surface area contributed by atoms with Crippen LogP contribution in [0.3, 0.4) is 0 Å². The summed E-state index contributed by atoms with van der Waals surface area (Å²) in [7, 11) is -2.44. The van der Waals surface area contributed by atoms with Crippen molar-refractivity contribution in [2.45, 2.75) is 18.2 Å². The Morgan fingerprint density at radius 3 is 2.31 bits per heavy atom. The third kappa shape index (κ3) is 5.23. The lowest BCUT2D eigenvalue weighted by molar-refractivity contribution is 0.0746. The van der Waals surface area contributed by atoms with Crippen molar-refractivity contribution in [3.8, 4) is 0 Å². The van der Waals surface area contributed by atoms with E-state index in [0.29, 0.717) is 56.2 Å². The summed E-state index contributed by atoms with van der Waals surface area (Å²) in [6.07, 6.45) is 0.785. The summed E-state index contributed by atoms with van der Waals surface area (Å²) in [5, 5.41) is 9.54. The van der Waals surface area contributed by atoms with E-state index in [0.717, 1.165) is 6.42 Å². The Morgan fingerprint density at radius 2 is 1.72 bits per heavy atom. The van der Waals surface area contributed by atoms with E-state index in [1.165, 1.54) is 32.2 Å². The Bertz CT molecular complexity index is 1260. The van der Waals surface area contributed by atoms with Crippen LogP contribution in [0, 0.1) is 11.7 Å². The molecule has 11 heteroatoms. The number of rotatable bonds is 7. The molecule has 0 aromatic heterocycles. The number of amides is 1. The Balaban J connectivity index is 1.56. The van der Waals surface area contributed by atoms with Crippen LogP contribution in [0.2, 0.25) is 0 Å². The largest absolute Gasteiger partial charge is 0.396 e. The molecule has 2 fully saturated rings. The van der Waals surface area contributed by atoms with E-state index in [9.17, 15) is 27.5 Å². The first kappa shape index (κ1) is 26.1. The molecule has 1 amide bonds. The maximum Gasteiger partial charge on any atom is 0.256 e. The summed E-state index contributed by atoms with van der Waals surface area (Å²) in [6.45, 7) is 4.12. The van der Waals surface area contributed by atoms with E-state index < -0.39 is 15.8 Å².